The molecular formula is C26H24N2O3. The Bertz CT molecular complexity index is 1150. The molecule has 2 aromatic carbocycles. The van der Waals surface area contributed by atoms with Crippen molar-refractivity contribution >= 4 is 17.4 Å². The van der Waals surface area contributed by atoms with Gasteiger partial charge in [-0.2, -0.15) is 0 Å². The highest BCUT2D eigenvalue weighted by Crippen LogP contribution is 2.39. The van der Waals surface area contributed by atoms with Crippen molar-refractivity contribution in [2.45, 2.75) is 26.3 Å². The molecule has 1 N–H and O–H groups in total. The van der Waals surface area contributed by atoms with Crippen LogP contribution in [0.2, 0.25) is 0 Å². The van der Waals surface area contributed by atoms with Gasteiger partial charge in [-0.1, -0.05) is 54.1 Å². The van der Waals surface area contributed by atoms with E-state index in [2.05, 4.69) is 4.98 Å². The maximum atomic E-state index is 13.1. The largest absolute Gasteiger partial charge is 0.507 e. The molecule has 1 aromatic heterocycles. The topological polar surface area (TPSA) is 70.5 Å². The molecule has 2 heterocycles. The summed E-state index contributed by atoms with van der Waals surface area (Å²) in [4.78, 5) is 31.8. The number of rotatable bonds is 5. The quantitative estimate of drug-likeness (QED) is 0.384. The number of aliphatic hydroxyl groups is 1. The zero-order chi connectivity index (χ0) is 22.0. The third kappa shape index (κ3) is 3.99. The third-order valence-electron chi connectivity index (χ3n) is 5.67. The summed E-state index contributed by atoms with van der Waals surface area (Å²) in [5, 5.41) is 11.2. The van der Waals surface area contributed by atoms with Gasteiger partial charge in [-0.3, -0.25) is 14.6 Å². The van der Waals surface area contributed by atoms with Gasteiger partial charge >= 0.3 is 0 Å². The van der Waals surface area contributed by atoms with Crippen molar-refractivity contribution in [2.75, 3.05) is 6.54 Å². The molecule has 0 radical (unpaired) electrons. The summed E-state index contributed by atoms with van der Waals surface area (Å²) in [5.41, 5.74) is 4.24. The average molecular weight is 412 g/mol. The van der Waals surface area contributed by atoms with Gasteiger partial charge in [0.25, 0.3) is 11.7 Å². The van der Waals surface area contributed by atoms with E-state index in [-0.39, 0.29) is 11.3 Å². The van der Waals surface area contributed by atoms with Crippen LogP contribution in [0.15, 0.2) is 78.6 Å². The number of ketones is 1. The fourth-order valence-electron chi connectivity index (χ4n) is 4.03. The van der Waals surface area contributed by atoms with Crippen LogP contribution >= 0.6 is 0 Å². The molecule has 4 rings (SSSR count). The summed E-state index contributed by atoms with van der Waals surface area (Å²) in [6, 6.07) is 18.4. The number of Topliss-reactive ketones (excluding diaryl/α,β-unsaturated/α-hetero) is 1. The first-order valence-electron chi connectivity index (χ1n) is 10.3. The Labute approximate surface area is 181 Å². The highest BCUT2D eigenvalue weighted by Gasteiger charge is 2.46. The van der Waals surface area contributed by atoms with E-state index in [0.717, 1.165) is 16.7 Å². The van der Waals surface area contributed by atoms with Gasteiger partial charge in [-0.25, -0.2) is 0 Å². The monoisotopic (exact) mass is 412 g/mol. The van der Waals surface area contributed by atoms with Crippen molar-refractivity contribution in [1.82, 2.24) is 9.88 Å². The molecule has 1 unspecified atom stereocenters. The second-order valence-electron chi connectivity index (χ2n) is 7.83. The minimum absolute atomic E-state index is 0.111. The number of amides is 1. The van der Waals surface area contributed by atoms with E-state index in [1.54, 1.807) is 23.4 Å². The van der Waals surface area contributed by atoms with Crippen molar-refractivity contribution in [3.63, 3.8) is 0 Å². The predicted octanol–water partition coefficient (Wildman–Crippen LogP) is 4.36. The Morgan fingerprint density at radius 1 is 1.03 bits per heavy atom. The van der Waals surface area contributed by atoms with E-state index < -0.39 is 17.7 Å². The summed E-state index contributed by atoms with van der Waals surface area (Å²) in [6.07, 6.45) is 3.89. The second kappa shape index (κ2) is 8.56. The molecule has 5 nitrogen and oxygen atoms in total. The van der Waals surface area contributed by atoms with Crippen LogP contribution in [0.1, 0.15) is 33.9 Å². The lowest BCUT2D eigenvalue weighted by Crippen LogP contribution is -2.31. The van der Waals surface area contributed by atoms with E-state index in [9.17, 15) is 14.7 Å². The van der Waals surface area contributed by atoms with Gasteiger partial charge in [0, 0.05) is 24.5 Å². The predicted molar refractivity (Wildman–Crippen MR) is 119 cm³/mol. The first-order chi connectivity index (χ1) is 15.0. The van der Waals surface area contributed by atoms with Gasteiger partial charge in [-0.15, -0.1) is 0 Å². The van der Waals surface area contributed by atoms with Gasteiger partial charge in [0.05, 0.1) is 11.6 Å². The summed E-state index contributed by atoms with van der Waals surface area (Å²) in [5.74, 6) is -1.41. The van der Waals surface area contributed by atoms with E-state index in [1.807, 2.05) is 68.4 Å². The van der Waals surface area contributed by atoms with Crippen molar-refractivity contribution in [3.8, 4) is 0 Å². The molecule has 0 saturated carbocycles. The van der Waals surface area contributed by atoms with Gasteiger partial charge in [0.15, 0.2) is 0 Å². The van der Waals surface area contributed by atoms with Gasteiger partial charge < -0.3 is 10.0 Å². The Kier molecular flexibility index (Phi) is 5.67. The van der Waals surface area contributed by atoms with Gasteiger partial charge in [-0.05, 0) is 49.1 Å². The molecule has 1 aliphatic heterocycles. The molecule has 5 heteroatoms. The van der Waals surface area contributed by atoms with Gasteiger partial charge in [0.2, 0.25) is 0 Å². The first kappa shape index (κ1) is 20.5. The normalized spacial score (nSPS) is 17.9. The van der Waals surface area contributed by atoms with E-state index in [0.29, 0.717) is 24.1 Å². The lowest BCUT2D eigenvalue weighted by molar-refractivity contribution is -0.139. The maximum Gasteiger partial charge on any atom is 0.295 e. The molecule has 0 bridgehead atoms. The number of aliphatic hydroxyl groups excluding tert-OH is 1. The Balaban J connectivity index is 1.81. The van der Waals surface area contributed by atoms with Crippen molar-refractivity contribution in [3.05, 3.63) is 106 Å². The Hall–Kier alpha value is -3.73. The lowest BCUT2D eigenvalue weighted by atomic mass is 9.94. The Morgan fingerprint density at radius 3 is 2.52 bits per heavy atom. The standard InChI is InChI=1S/C26H24N2O3/c1-17-10-11-18(2)21(15-17)24(29)22-23(20-9-6-13-27-16-20)28(26(31)25(22)30)14-12-19-7-4-3-5-8-19/h3-11,13,15-16,23,29H,12,14H2,1-2H3. The summed E-state index contributed by atoms with van der Waals surface area (Å²) >= 11 is 0. The number of aryl methyl sites for hydroxylation is 2. The molecule has 156 valence electrons. The minimum Gasteiger partial charge on any atom is -0.507 e. The third-order valence-corrected chi connectivity index (χ3v) is 5.67. The average Bonchev–Trinajstić information content (AvgIpc) is 3.05. The molecular weight excluding hydrogens is 388 g/mol. The molecule has 1 saturated heterocycles. The van der Waals surface area contributed by atoms with Crippen LogP contribution < -0.4 is 0 Å². The van der Waals surface area contributed by atoms with Crippen LogP contribution in [-0.4, -0.2) is 33.2 Å². The Morgan fingerprint density at radius 2 is 1.81 bits per heavy atom. The first-order valence-corrected chi connectivity index (χ1v) is 10.3. The number of benzene rings is 2. The van der Waals surface area contributed by atoms with Crippen LogP contribution in [0.25, 0.3) is 5.76 Å². The van der Waals surface area contributed by atoms with Gasteiger partial charge in [0.1, 0.15) is 5.76 Å². The molecule has 0 spiro atoms. The van der Waals surface area contributed by atoms with E-state index in [4.69, 9.17) is 0 Å². The SMILES string of the molecule is Cc1ccc(C)c(C(O)=C2C(=O)C(=O)N(CCc3ccccc3)C2c2cccnc2)c1. The number of hydrogen-bond acceptors (Lipinski definition) is 4. The van der Waals surface area contributed by atoms with Crippen molar-refractivity contribution in [2.24, 2.45) is 0 Å². The second-order valence-corrected chi connectivity index (χ2v) is 7.83. The van der Waals surface area contributed by atoms with E-state index >= 15 is 0 Å². The number of nitrogens with zero attached hydrogens (tertiary/aromatic N) is 2. The molecule has 0 aliphatic carbocycles. The summed E-state index contributed by atoms with van der Waals surface area (Å²) < 4.78 is 0. The highest BCUT2D eigenvalue weighted by molar-refractivity contribution is 6.46. The van der Waals surface area contributed by atoms with Crippen LogP contribution in [0.5, 0.6) is 0 Å². The smallest absolute Gasteiger partial charge is 0.295 e. The fraction of sp³-hybridized carbons (Fsp3) is 0.192. The number of carbonyl (C=O) groups excluding carboxylic acids is 2. The summed E-state index contributed by atoms with van der Waals surface area (Å²) in [6.45, 7) is 4.16. The fourth-order valence-corrected chi connectivity index (χ4v) is 4.03. The molecule has 31 heavy (non-hydrogen) atoms. The number of hydrogen-bond donors (Lipinski definition) is 1. The van der Waals surface area contributed by atoms with Crippen molar-refractivity contribution < 1.29 is 14.7 Å². The molecule has 1 amide bonds. The summed E-state index contributed by atoms with van der Waals surface area (Å²) in [7, 11) is 0. The van der Waals surface area contributed by atoms with Crippen molar-refractivity contribution in [1.29, 1.82) is 0 Å². The van der Waals surface area contributed by atoms with Crippen LogP contribution in [-0.2, 0) is 16.0 Å². The zero-order valence-electron chi connectivity index (χ0n) is 17.6. The van der Waals surface area contributed by atoms with Crippen LogP contribution in [0.4, 0.5) is 0 Å². The van der Waals surface area contributed by atoms with Crippen LogP contribution in [0, 0.1) is 13.8 Å². The molecule has 1 fully saturated rings. The zero-order valence-corrected chi connectivity index (χ0v) is 17.6. The number of pyridine rings is 1. The lowest BCUT2D eigenvalue weighted by Gasteiger charge is -2.25. The highest BCUT2D eigenvalue weighted by atomic mass is 16.3. The van der Waals surface area contributed by atoms with E-state index in [1.165, 1.54) is 0 Å². The minimum atomic E-state index is -0.683. The number of aromatic nitrogens is 1. The number of likely N-dealkylation sites (tertiary alicyclic amines) is 1. The molecule has 1 aliphatic rings. The molecule has 3 aromatic rings. The number of carbonyl (C=O) groups is 2. The van der Waals surface area contributed by atoms with Crippen LogP contribution in [0.3, 0.4) is 0 Å². The molecule has 1 atom stereocenters. The maximum absolute atomic E-state index is 13.1.